The summed E-state index contributed by atoms with van der Waals surface area (Å²) in [6, 6.07) is 4.43. The van der Waals surface area contributed by atoms with Gasteiger partial charge in [-0.3, -0.25) is 9.59 Å². The summed E-state index contributed by atoms with van der Waals surface area (Å²) >= 11 is 0. The fourth-order valence-electron chi connectivity index (χ4n) is 2.72. The Balaban J connectivity index is 2.11. The highest BCUT2D eigenvalue weighted by Gasteiger charge is 2.43. The molecule has 1 fully saturated rings. The van der Waals surface area contributed by atoms with Crippen molar-refractivity contribution in [1.82, 2.24) is 0 Å². The maximum Gasteiger partial charge on any atom is 0.302 e. The van der Waals surface area contributed by atoms with E-state index >= 15 is 0 Å². The minimum Gasteiger partial charge on any atom is -0.466 e. The minimum absolute atomic E-state index is 0.0518. The van der Waals surface area contributed by atoms with Crippen LogP contribution in [0.3, 0.4) is 0 Å². The molecule has 1 saturated carbocycles. The molecule has 1 aliphatic rings. The summed E-state index contributed by atoms with van der Waals surface area (Å²) in [5, 5.41) is 0. The maximum atomic E-state index is 13.5. The van der Waals surface area contributed by atoms with E-state index < -0.39 is 5.82 Å². The molecule has 0 unspecified atom stereocenters. The van der Waals surface area contributed by atoms with Crippen LogP contribution in [0.25, 0.3) is 0 Å². The number of halogens is 1. The second kappa shape index (κ2) is 6.70. The third-order valence-electron chi connectivity index (χ3n) is 3.84. The van der Waals surface area contributed by atoms with Crippen molar-refractivity contribution in [2.24, 2.45) is 11.8 Å². The average molecular weight is 295 g/mol. The predicted molar refractivity (Wildman–Crippen MR) is 74.0 cm³/mol. The first-order valence-corrected chi connectivity index (χ1v) is 6.92. The van der Waals surface area contributed by atoms with Gasteiger partial charge >= 0.3 is 11.9 Å². The molecule has 0 N–H and O–H groups in total. The van der Waals surface area contributed by atoms with Gasteiger partial charge in [-0.2, -0.15) is 0 Å². The number of hydrogen-bond acceptors (Lipinski definition) is 4. The van der Waals surface area contributed by atoms with Crippen LogP contribution in [0.15, 0.2) is 24.2 Å². The van der Waals surface area contributed by atoms with E-state index in [0.29, 0.717) is 12.0 Å². The molecule has 2 rings (SSSR count). The Hall–Kier alpha value is -1.91. The van der Waals surface area contributed by atoms with Crippen LogP contribution in [-0.4, -0.2) is 25.2 Å². The van der Waals surface area contributed by atoms with Crippen molar-refractivity contribution < 1.29 is 24.8 Å². The molecule has 1 aromatic carbocycles. The fraction of sp³-hybridized carbons (Fsp3) is 0.500. The van der Waals surface area contributed by atoms with Crippen molar-refractivity contribution in [2.45, 2.75) is 26.2 Å². The fourth-order valence-corrected chi connectivity index (χ4v) is 2.72. The third kappa shape index (κ3) is 4.03. The minimum atomic E-state index is -0.563. The van der Waals surface area contributed by atoms with Crippen molar-refractivity contribution in [2.75, 3.05) is 13.2 Å². The van der Waals surface area contributed by atoms with Crippen LogP contribution in [0.5, 0.6) is 0 Å². The molecule has 0 aliphatic heterocycles. The third-order valence-corrected chi connectivity index (χ3v) is 3.84. The van der Waals surface area contributed by atoms with Crippen LogP contribution in [-0.2, 0) is 19.1 Å². The van der Waals surface area contributed by atoms with Gasteiger partial charge in [0.2, 0.25) is 0 Å². The van der Waals surface area contributed by atoms with Gasteiger partial charge in [-0.1, -0.05) is 12.1 Å². The quantitative estimate of drug-likeness (QED) is 0.784. The predicted octanol–water partition coefficient (Wildman–Crippen LogP) is 2.67. The second-order valence-corrected chi connectivity index (χ2v) is 5.33. The monoisotopic (exact) mass is 295 g/mol. The number of carbonyl (C=O) groups excluding carboxylic acids is 2. The van der Waals surface area contributed by atoms with E-state index in [1.807, 2.05) is 0 Å². The first-order chi connectivity index (χ1) is 10.4. The topological polar surface area (TPSA) is 52.6 Å². The van der Waals surface area contributed by atoms with Crippen molar-refractivity contribution in [3.05, 3.63) is 35.6 Å². The number of rotatable bonds is 5. The van der Waals surface area contributed by atoms with Gasteiger partial charge in [-0.25, -0.2) is 4.39 Å². The van der Waals surface area contributed by atoms with Crippen LogP contribution in [0.1, 0.15) is 33.1 Å². The lowest BCUT2D eigenvalue weighted by atomic mass is 9.62. The molecule has 0 bridgehead atoms. The Kier molecular flexibility index (Phi) is 4.48. The summed E-state index contributed by atoms with van der Waals surface area (Å²) in [6.07, 6.45) is 0.675. The Morgan fingerprint density at radius 3 is 2.62 bits per heavy atom. The zero-order valence-corrected chi connectivity index (χ0v) is 12.1. The number of esters is 2. The summed E-state index contributed by atoms with van der Waals surface area (Å²) in [4.78, 5) is 21.9. The zero-order valence-electron chi connectivity index (χ0n) is 13.1. The molecule has 0 radical (unpaired) electrons. The zero-order chi connectivity index (χ0) is 16.3. The van der Waals surface area contributed by atoms with E-state index in [1.54, 1.807) is 12.1 Å². The molecule has 0 amide bonds. The number of ether oxygens (including phenoxy) is 2. The Morgan fingerprint density at radius 1 is 1.29 bits per heavy atom. The van der Waals surface area contributed by atoms with E-state index in [-0.39, 0.29) is 48.9 Å². The van der Waals surface area contributed by atoms with Gasteiger partial charge in [0.15, 0.2) is 0 Å². The van der Waals surface area contributed by atoms with Crippen molar-refractivity contribution in [1.29, 1.82) is 0 Å². The van der Waals surface area contributed by atoms with Crippen LogP contribution in [0, 0.1) is 17.7 Å². The standard InChI is InChI=1S/C16H19FO4/c1-10(18)20-8-13-7-15(16(13)9-21-11(2)19)12-4-3-5-14(17)6-12/h3-6,13,15-16H,7-9H2,1-2H3/t13-,15-,16+/m1/s1/i6D. The molecular formula is C16H19FO4. The van der Waals surface area contributed by atoms with Gasteiger partial charge in [0, 0.05) is 25.7 Å². The van der Waals surface area contributed by atoms with E-state index in [9.17, 15) is 14.0 Å². The van der Waals surface area contributed by atoms with E-state index in [0.717, 1.165) is 0 Å². The lowest BCUT2D eigenvalue weighted by molar-refractivity contribution is -0.151. The van der Waals surface area contributed by atoms with Gasteiger partial charge in [0.05, 0.1) is 14.6 Å². The molecule has 1 aliphatic carbocycles. The largest absolute Gasteiger partial charge is 0.466 e. The van der Waals surface area contributed by atoms with E-state index in [1.165, 1.54) is 19.9 Å². The molecule has 1 aromatic rings. The first kappa shape index (κ1) is 14.0. The Labute approximate surface area is 124 Å². The van der Waals surface area contributed by atoms with Gasteiger partial charge in [-0.15, -0.1) is 0 Å². The van der Waals surface area contributed by atoms with Gasteiger partial charge in [-0.05, 0) is 30.0 Å². The van der Waals surface area contributed by atoms with Crippen molar-refractivity contribution in [3.8, 4) is 0 Å². The SMILES string of the molecule is [2H]c1c(F)cccc1[C@H]1C[C@H](COC(C)=O)[C@@H]1COC(C)=O. The summed E-state index contributed by atoms with van der Waals surface area (Å²) in [6.45, 7) is 3.10. The molecule has 0 spiro atoms. The molecule has 4 nitrogen and oxygen atoms in total. The van der Waals surface area contributed by atoms with Crippen LogP contribution < -0.4 is 0 Å². The average Bonchev–Trinajstić information content (AvgIpc) is 2.41. The lowest BCUT2D eigenvalue weighted by Crippen LogP contribution is -2.41. The molecular weight excluding hydrogens is 275 g/mol. The summed E-state index contributed by atoms with van der Waals surface area (Å²) in [7, 11) is 0. The molecule has 5 heteroatoms. The summed E-state index contributed by atoms with van der Waals surface area (Å²) in [5.41, 5.74) is 0.608. The molecule has 3 atom stereocenters. The highest BCUT2D eigenvalue weighted by molar-refractivity contribution is 5.66. The second-order valence-electron chi connectivity index (χ2n) is 5.33. The van der Waals surface area contributed by atoms with Gasteiger partial charge in [0.1, 0.15) is 5.82 Å². The number of hydrogen-bond donors (Lipinski definition) is 0. The normalized spacial score (nSPS) is 24.7. The van der Waals surface area contributed by atoms with E-state index in [4.69, 9.17) is 10.8 Å². The smallest absolute Gasteiger partial charge is 0.302 e. The van der Waals surface area contributed by atoms with Gasteiger partial charge < -0.3 is 9.47 Å². The highest BCUT2D eigenvalue weighted by Crippen LogP contribution is 2.47. The molecule has 0 aromatic heterocycles. The maximum absolute atomic E-state index is 13.5. The van der Waals surface area contributed by atoms with Crippen LogP contribution in [0.4, 0.5) is 4.39 Å². The van der Waals surface area contributed by atoms with Crippen molar-refractivity contribution >= 4 is 11.9 Å². The first-order valence-electron chi connectivity index (χ1n) is 7.42. The lowest BCUT2D eigenvalue weighted by Gasteiger charge is -2.44. The molecule has 0 heterocycles. The number of benzene rings is 1. The molecule has 21 heavy (non-hydrogen) atoms. The molecule has 114 valence electrons. The number of carbonyl (C=O) groups is 2. The Morgan fingerprint density at radius 2 is 1.95 bits per heavy atom. The Bertz CT molecular complexity index is 575. The van der Waals surface area contributed by atoms with E-state index in [2.05, 4.69) is 0 Å². The van der Waals surface area contributed by atoms with Crippen LogP contribution in [0.2, 0.25) is 0 Å². The van der Waals surface area contributed by atoms with Crippen molar-refractivity contribution in [3.63, 3.8) is 0 Å². The summed E-state index contributed by atoms with van der Waals surface area (Å²) in [5.74, 6) is -1.40. The van der Waals surface area contributed by atoms with Gasteiger partial charge in [0.25, 0.3) is 0 Å². The summed E-state index contributed by atoms with van der Waals surface area (Å²) < 4.78 is 31.5. The van der Waals surface area contributed by atoms with Crippen LogP contribution >= 0.6 is 0 Å². The molecule has 0 saturated heterocycles. The highest BCUT2D eigenvalue weighted by atomic mass is 19.1.